The van der Waals surface area contributed by atoms with Crippen molar-refractivity contribution in [2.75, 3.05) is 6.54 Å². The SMILES string of the molecule is CC(C)(CN)C1CCC(F)(F)CC1. The Kier molecular flexibility index (Phi) is 2.95. The van der Waals surface area contributed by atoms with E-state index in [2.05, 4.69) is 13.8 Å². The van der Waals surface area contributed by atoms with E-state index >= 15 is 0 Å². The van der Waals surface area contributed by atoms with Gasteiger partial charge >= 0.3 is 0 Å². The molecule has 0 spiro atoms. The molecule has 13 heavy (non-hydrogen) atoms. The van der Waals surface area contributed by atoms with Gasteiger partial charge in [-0.25, -0.2) is 8.78 Å². The normalized spacial score (nSPS) is 24.7. The maximum atomic E-state index is 12.8. The number of nitrogens with two attached hydrogens (primary N) is 1. The zero-order valence-corrected chi connectivity index (χ0v) is 8.45. The molecule has 1 aliphatic rings. The summed E-state index contributed by atoms with van der Waals surface area (Å²) in [6.45, 7) is 4.73. The van der Waals surface area contributed by atoms with Crippen molar-refractivity contribution in [3.63, 3.8) is 0 Å². The van der Waals surface area contributed by atoms with Crippen molar-refractivity contribution in [1.29, 1.82) is 0 Å². The van der Waals surface area contributed by atoms with Crippen LogP contribution in [-0.4, -0.2) is 12.5 Å². The van der Waals surface area contributed by atoms with E-state index in [0.29, 0.717) is 25.3 Å². The highest BCUT2D eigenvalue weighted by molar-refractivity contribution is 4.86. The van der Waals surface area contributed by atoms with Gasteiger partial charge in [0.25, 0.3) is 0 Å². The zero-order valence-electron chi connectivity index (χ0n) is 8.45. The second-order valence-corrected chi connectivity index (χ2v) is 4.82. The van der Waals surface area contributed by atoms with E-state index in [1.807, 2.05) is 0 Å². The standard InChI is InChI=1S/C10H19F2N/c1-9(2,7-13)8-3-5-10(11,12)6-4-8/h8H,3-7,13H2,1-2H3. The molecule has 0 bridgehead atoms. The van der Waals surface area contributed by atoms with E-state index in [9.17, 15) is 8.78 Å². The summed E-state index contributed by atoms with van der Waals surface area (Å²) in [7, 11) is 0. The predicted octanol–water partition coefficient (Wildman–Crippen LogP) is 2.80. The first-order chi connectivity index (χ1) is 5.87. The van der Waals surface area contributed by atoms with Crippen LogP contribution in [0.3, 0.4) is 0 Å². The molecule has 1 rings (SSSR count). The number of hydrogen-bond donors (Lipinski definition) is 1. The molecule has 3 heteroatoms. The monoisotopic (exact) mass is 191 g/mol. The van der Waals surface area contributed by atoms with E-state index in [4.69, 9.17) is 5.73 Å². The highest BCUT2D eigenvalue weighted by Crippen LogP contribution is 2.43. The van der Waals surface area contributed by atoms with Crippen LogP contribution in [0.1, 0.15) is 39.5 Å². The first-order valence-corrected chi connectivity index (χ1v) is 4.95. The third-order valence-electron chi connectivity index (χ3n) is 3.35. The minimum atomic E-state index is -2.42. The summed E-state index contributed by atoms with van der Waals surface area (Å²) in [5.74, 6) is -2.04. The largest absolute Gasteiger partial charge is 0.330 e. The maximum absolute atomic E-state index is 12.8. The van der Waals surface area contributed by atoms with Crippen LogP contribution in [0.25, 0.3) is 0 Å². The molecule has 0 radical (unpaired) electrons. The Morgan fingerprint density at radius 2 is 1.77 bits per heavy atom. The van der Waals surface area contributed by atoms with Gasteiger partial charge in [-0.3, -0.25) is 0 Å². The van der Waals surface area contributed by atoms with E-state index in [0.717, 1.165) is 0 Å². The Hall–Kier alpha value is -0.180. The predicted molar refractivity (Wildman–Crippen MR) is 49.7 cm³/mol. The molecule has 0 aromatic heterocycles. The van der Waals surface area contributed by atoms with Crippen molar-refractivity contribution in [1.82, 2.24) is 0 Å². The van der Waals surface area contributed by atoms with Gasteiger partial charge in [-0.2, -0.15) is 0 Å². The van der Waals surface area contributed by atoms with E-state index < -0.39 is 5.92 Å². The summed E-state index contributed by atoms with van der Waals surface area (Å²) in [5, 5.41) is 0. The fraction of sp³-hybridized carbons (Fsp3) is 1.00. The topological polar surface area (TPSA) is 26.0 Å². The summed E-state index contributed by atoms with van der Waals surface area (Å²) in [5.41, 5.74) is 5.64. The average Bonchev–Trinajstić information content (AvgIpc) is 2.04. The Morgan fingerprint density at radius 3 is 2.15 bits per heavy atom. The molecular formula is C10H19F2N. The van der Waals surface area contributed by atoms with E-state index in [1.54, 1.807) is 0 Å². The van der Waals surface area contributed by atoms with Gasteiger partial charge in [-0.15, -0.1) is 0 Å². The fourth-order valence-electron chi connectivity index (χ4n) is 1.99. The van der Waals surface area contributed by atoms with Crippen LogP contribution in [0.15, 0.2) is 0 Å². The van der Waals surface area contributed by atoms with E-state index in [1.165, 1.54) is 0 Å². The zero-order chi connectivity index (χ0) is 10.1. The first kappa shape index (κ1) is 10.9. The van der Waals surface area contributed by atoms with Crippen molar-refractivity contribution in [2.24, 2.45) is 17.1 Å². The van der Waals surface area contributed by atoms with Crippen molar-refractivity contribution in [3.05, 3.63) is 0 Å². The molecule has 1 aliphatic carbocycles. The molecule has 0 unspecified atom stereocenters. The molecule has 78 valence electrons. The summed E-state index contributed by atoms with van der Waals surface area (Å²) < 4.78 is 25.7. The second kappa shape index (κ2) is 3.52. The summed E-state index contributed by atoms with van der Waals surface area (Å²) in [6, 6.07) is 0. The Morgan fingerprint density at radius 1 is 1.31 bits per heavy atom. The van der Waals surface area contributed by atoms with Crippen molar-refractivity contribution in [2.45, 2.75) is 45.5 Å². The maximum Gasteiger partial charge on any atom is 0.248 e. The molecule has 0 amide bonds. The van der Waals surface area contributed by atoms with Gasteiger partial charge in [0.05, 0.1) is 0 Å². The molecule has 1 fully saturated rings. The summed E-state index contributed by atoms with van der Waals surface area (Å²) >= 11 is 0. The van der Waals surface area contributed by atoms with Crippen LogP contribution in [-0.2, 0) is 0 Å². The Bertz CT molecular complexity index is 168. The van der Waals surface area contributed by atoms with Gasteiger partial charge in [0.2, 0.25) is 5.92 Å². The van der Waals surface area contributed by atoms with Gasteiger partial charge in [0.15, 0.2) is 0 Å². The quantitative estimate of drug-likeness (QED) is 0.713. The molecule has 0 aliphatic heterocycles. The van der Waals surface area contributed by atoms with Gasteiger partial charge in [0, 0.05) is 12.8 Å². The smallest absolute Gasteiger partial charge is 0.248 e. The molecule has 0 aromatic rings. The molecule has 2 N–H and O–H groups in total. The first-order valence-electron chi connectivity index (χ1n) is 4.95. The minimum absolute atomic E-state index is 0.0243. The molecular weight excluding hydrogens is 172 g/mol. The van der Waals surface area contributed by atoms with E-state index in [-0.39, 0.29) is 18.3 Å². The van der Waals surface area contributed by atoms with Crippen LogP contribution < -0.4 is 5.73 Å². The molecule has 1 saturated carbocycles. The average molecular weight is 191 g/mol. The Labute approximate surface area is 78.7 Å². The van der Waals surface area contributed by atoms with Crippen LogP contribution in [0.4, 0.5) is 8.78 Å². The number of alkyl halides is 2. The van der Waals surface area contributed by atoms with Crippen LogP contribution in [0, 0.1) is 11.3 Å². The molecule has 1 nitrogen and oxygen atoms in total. The van der Waals surface area contributed by atoms with Crippen LogP contribution in [0.5, 0.6) is 0 Å². The van der Waals surface area contributed by atoms with Gasteiger partial charge in [-0.05, 0) is 30.7 Å². The van der Waals surface area contributed by atoms with Crippen LogP contribution in [0.2, 0.25) is 0 Å². The van der Waals surface area contributed by atoms with Crippen molar-refractivity contribution in [3.8, 4) is 0 Å². The highest BCUT2D eigenvalue weighted by Gasteiger charge is 2.39. The third kappa shape index (κ3) is 2.63. The molecule has 0 heterocycles. The lowest BCUT2D eigenvalue weighted by Gasteiger charge is -2.38. The van der Waals surface area contributed by atoms with Crippen molar-refractivity contribution < 1.29 is 8.78 Å². The van der Waals surface area contributed by atoms with Crippen molar-refractivity contribution >= 4 is 0 Å². The van der Waals surface area contributed by atoms with Gasteiger partial charge in [0.1, 0.15) is 0 Å². The van der Waals surface area contributed by atoms with Gasteiger partial charge < -0.3 is 5.73 Å². The van der Waals surface area contributed by atoms with Crippen LogP contribution >= 0.6 is 0 Å². The fourth-order valence-corrected chi connectivity index (χ4v) is 1.99. The minimum Gasteiger partial charge on any atom is -0.330 e. The molecule has 0 saturated heterocycles. The lowest BCUT2D eigenvalue weighted by Crippen LogP contribution is -2.37. The second-order valence-electron chi connectivity index (χ2n) is 4.82. The molecule has 0 atom stereocenters. The third-order valence-corrected chi connectivity index (χ3v) is 3.35. The lowest BCUT2D eigenvalue weighted by atomic mass is 9.70. The summed E-state index contributed by atoms with van der Waals surface area (Å²) in [4.78, 5) is 0. The lowest BCUT2D eigenvalue weighted by molar-refractivity contribution is -0.0592. The molecule has 0 aromatic carbocycles. The number of halogens is 2. The van der Waals surface area contributed by atoms with Gasteiger partial charge in [-0.1, -0.05) is 13.8 Å². The number of hydrogen-bond acceptors (Lipinski definition) is 1. The summed E-state index contributed by atoms with van der Waals surface area (Å²) in [6.07, 6.45) is 1.33. The highest BCUT2D eigenvalue weighted by atomic mass is 19.3. The Balaban J connectivity index is 2.50. The number of rotatable bonds is 2.